The van der Waals surface area contributed by atoms with Crippen LogP contribution >= 0.6 is 33.2 Å². The van der Waals surface area contributed by atoms with Crippen molar-refractivity contribution in [1.29, 1.82) is 0 Å². The summed E-state index contributed by atoms with van der Waals surface area (Å²) in [4.78, 5) is 0. The summed E-state index contributed by atoms with van der Waals surface area (Å²) in [5, 5.41) is 0. The Hall–Kier alpha value is -0.673. The first kappa shape index (κ1) is 15.7. The van der Waals surface area contributed by atoms with E-state index < -0.39 is 6.00 Å². The first-order valence-corrected chi connectivity index (χ1v) is 11.6. The maximum atomic E-state index is 6.02. The quantitative estimate of drug-likeness (QED) is 0.460. The Labute approximate surface area is 134 Å². The molecule has 20 heavy (non-hydrogen) atoms. The van der Waals surface area contributed by atoms with Crippen LogP contribution in [-0.4, -0.2) is 6.00 Å². The lowest BCUT2D eigenvalue weighted by Crippen LogP contribution is -2.13. The van der Waals surface area contributed by atoms with Gasteiger partial charge in [-0.25, -0.2) is 0 Å². The SMILES string of the molecule is CC(C[Si](Cl)(Cl)Cl)c1ccccc1Oc1ccccc1. The Balaban J connectivity index is 2.22. The van der Waals surface area contributed by atoms with Crippen molar-refractivity contribution in [3.8, 4) is 11.5 Å². The van der Waals surface area contributed by atoms with E-state index in [1.165, 1.54) is 0 Å². The fraction of sp³-hybridized carbons (Fsp3) is 0.200. The molecule has 0 aromatic heterocycles. The summed E-state index contributed by atoms with van der Waals surface area (Å²) in [5.74, 6) is 1.77. The molecule has 0 radical (unpaired) electrons. The first-order chi connectivity index (χ1) is 9.46. The summed E-state index contributed by atoms with van der Waals surface area (Å²) < 4.78 is 5.93. The molecule has 0 fully saturated rings. The standard InChI is InChI=1S/C15H15Cl3OSi/c1-12(11-20(16,17)18)14-9-5-6-10-15(14)19-13-7-3-2-4-8-13/h2-10,12H,11H2,1H3. The van der Waals surface area contributed by atoms with E-state index in [-0.39, 0.29) is 5.92 Å². The van der Waals surface area contributed by atoms with Gasteiger partial charge in [-0.05, 0) is 35.7 Å². The minimum Gasteiger partial charge on any atom is -0.457 e. The lowest BCUT2D eigenvalue weighted by molar-refractivity contribution is 0.473. The van der Waals surface area contributed by atoms with Crippen LogP contribution in [0.3, 0.4) is 0 Å². The van der Waals surface area contributed by atoms with Crippen LogP contribution in [0.25, 0.3) is 0 Å². The van der Waals surface area contributed by atoms with E-state index >= 15 is 0 Å². The summed E-state index contributed by atoms with van der Waals surface area (Å²) in [5.41, 5.74) is 1.06. The molecule has 1 unspecified atom stereocenters. The smallest absolute Gasteiger partial charge is 0.342 e. The Kier molecular flexibility index (Phi) is 5.39. The van der Waals surface area contributed by atoms with Crippen LogP contribution in [0.15, 0.2) is 54.6 Å². The van der Waals surface area contributed by atoms with Gasteiger partial charge >= 0.3 is 6.00 Å². The van der Waals surface area contributed by atoms with Gasteiger partial charge in [0.05, 0.1) is 0 Å². The molecule has 0 saturated heterocycles. The minimum atomic E-state index is -2.66. The van der Waals surface area contributed by atoms with Gasteiger partial charge in [0.2, 0.25) is 0 Å². The molecule has 0 bridgehead atoms. The van der Waals surface area contributed by atoms with Gasteiger partial charge in [-0.15, -0.1) is 33.2 Å². The lowest BCUT2D eigenvalue weighted by atomic mass is 10.0. The molecule has 0 aliphatic rings. The molecule has 106 valence electrons. The van der Waals surface area contributed by atoms with Crippen molar-refractivity contribution in [1.82, 2.24) is 0 Å². The highest BCUT2D eigenvalue weighted by molar-refractivity contribution is 7.64. The molecular formula is C15H15Cl3OSi. The third kappa shape index (κ3) is 4.71. The zero-order valence-electron chi connectivity index (χ0n) is 11.0. The van der Waals surface area contributed by atoms with E-state index in [1.54, 1.807) is 0 Å². The second-order valence-corrected chi connectivity index (χ2v) is 13.9. The molecule has 5 heteroatoms. The normalized spacial score (nSPS) is 13.0. The number of ether oxygens (including phenoxy) is 1. The van der Waals surface area contributed by atoms with E-state index in [4.69, 9.17) is 38.0 Å². The van der Waals surface area contributed by atoms with Crippen molar-refractivity contribution in [2.75, 3.05) is 0 Å². The second-order valence-electron chi connectivity index (χ2n) is 4.67. The highest BCUT2D eigenvalue weighted by atomic mass is 35.8. The predicted octanol–water partition coefficient (Wildman–Crippen LogP) is 6.24. The highest BCUT2D eigenvalue weighted by Gasteiger charge is 2.29. The van der Waals surface area contributed by atoms with Gasteiger partial charge in [0, 0.05) is 0 Å². The Morgan fingerprint density at radius 2 is 1.55 bits per heavy atom. The number of halogens is 3. The van der Waals surface area contributed by atoms with E-state index in [1.807, 2.05) is 54.6 Å². The maximum absolute atomic E-state index is 6.02. The molecule has 0 amide bonds. The van der Waals surface area contributed by atoms with Crippen LogP contribution in [0.5, 0.6) is 11.5 Å². The largest absolute Gasteiger partial charge is 0.457 e. The lowest BCUT2D eigenvalue weighted by Gasteiger charge is -2.19. The number of para-hydroxylation sites is 2. The summed E-state index contributed by atoms with van der Waals surface area (Å²) in [6, 6.07) is 15.5. The van der Waals surface area contributed by atoms with Crippen molar-refractivity contribution in [2.24, 2.45) is 0 Å². The van der Waals surface area contributed by atoms with Crippen LogP contribution < -0.4 is 4.74 Å². The number of hydrogen-bond donors (Lipinski definition) is 0. The third-order valence-corrected chi connectivity index (χ3v) is 5.42. The first-order valence-electron chi connectivity index (χ1n) is 6.34. The van der Waals surface area contributed by atoms with Gasteiger partial charge in [-0.1, -0.05) is 43.3 Å². The molecule has 0 N–H and O–H groups in total. The fourth-order valence-corrected chi connectivity index (χ4v) is 5.05. The number of hydrogen-bond acceptors (Lipinski definition) is 1. The van der Waals surface area contributed by atoms with Crippen molar-refractivity contribution in [2.45, 2.75) is 18.9 Å². The number of rotatable bonds is 5. The minimum absolute atomic E-state index is 0.147. The average molecular weight is 346 g/mol. The fourth-order valence-electron chi connectivity index (χ4n) is 2.05. The zero-order chi connectivity index (χ0) is 14.6. The van der Waals surface area contributed by atoms with E-state index in [0.29, 0.717) is 6.04 Å². The molecule has 0 aliphatic carbocycles. The monoisotopic (exact) mass is 344 g/mol. The van der Waals surface area contributed by atoms with Crippen LogP contribution in [0.1, 0.15) is 18.4 Å². The van der Waals surface area contributed by atoms with Crippen LogP contribution in [0.2, 0.25) is 6.04 Å². The van der Waals surface area contributed by atoms with Gasteiger partial charge in [0.25, 0.3) is 0 Å². The van der Waals surface area contributed by atoms with Crippen LogP contribution in [0.4, 0.5) is 0 Å². The maximum Gasteiger partial charge on any atom is 0.342 e. The molecule has 1 nitrogen and oxygen atoms in total. The molecule has 0 heterocycles. The molecule has 1 atom stereocenters. The van der Waals surface area contributed by atoms with Gasteiger partial charge in [-0.3, -0.25) is 0 Å². The Morgan fingerprint density at radius 3 is 2.20 bits per heavy atom. The van der Waals surface area contributed by atoms with E-state index in [0.717, 1.165) is 17.1 Å². The molecule has 0 spiro atoms. The van der Waals surface area contributed by atoms with Crippen molar-refractivity contribution < 1.29 is 4.74 Å². The van der Waals surface area contributed by atoms with E-state index in [9.17, 15) is 0 Å². The summed E-state index contributed by atoms with van der Waals surface area (Å²) in [6.45, 7) is 2.06. The van der Waals surface area contributed by atoms with Crippen molar-refractivity contribution in [3.05, 3.63) is 60.2 Å². The number of benzene rings is 2. The zero-order valence-corrected chi connectivity index (χ0v) is 14.3. The summed E-state index contributed by atoms with van der Waals surface area (Å²) in [6.07, 6.45) is 0. The second kappa shape index (κ2) is 6.86. The van der Waals surface area contributed by atoms with Crippen LogP contribution in [0, 0.1) is 0 Å². The Morgan fingerprint density at radius 1 is 0.950 bits per heavy atom. The molecule has 2 aromatic rings. The molecule has 2 aromatic carbocycles. The predicted molar refractivity (Wildman–Crippen MR) is 89.5 cm³/mol. The topological polar surface area (TPSA) is 9.23 Å². The van der Waals surface area contributed by atoms with Gasteiger partial charge in [-0.2, -0.15) is 0 Å². The van der Waals surface area contributed by atoms with Gasteiger partial charge in [0.15, 0.2) is 0 Å². The van der Waals surface area contributed by atoms with Crippen molar-refractivity contribution in [3.63, 3.8) is 0 Å². The molecule has 0 aliphatic heterocycles. The van der Waals surface area contributed by atoms with E-state index in [2.05, 4.69) is 6.92 Å². The Bertz CT molecular complexity index is 555. The van der Waals surface area contributed by atoms with Crippen LogP contribution in [-0.2, 0) is 0 Å². The summed E-state index contributed by atoms with van der Waals surface area (Å²) >= 11 is 18.1. The third-order valence-electron chi connectivity index (χ3n) is 2.96. The van der Waals surface area contributed by atoms with Gasteiger partial charge in [0.1, 0.15) is 11.5 Å². The summed E-state index contributed by atoms with van der Waals surface area (Å²) in [7, 11) is 0. The highest BCUT2D eigenvalue weighted by Crippen LogP contribution is 2.38. The van der Waals surface area contributed by atoms with Gasteiger partial charge < -0.3 is 4.74 Å². The molecule has 2 rings (SSSR count). The average Bonchev–Trinajstić information content (AvgIpc) is 2.38. The molecule has 0 saturated carbocycles. The molecular weight excluding hydrogens is 331 g/mol. The van der Waals surface area contributed by atoms with Crippen molar-refractivity contribution >= 4 is 39.2 Å².